The molecule has 0 heterocycles. The smallest absolute Gasteiger partial charge is 0.370 e. The zero-order valence-corrected chi connectivity index (χ0v) is 13.9. The van der Waals surface area contributed by atoms with Gasteiger partial charge in [-0.1, -0.05) is 43.3 Å². The van der Waals surface area contributed by atoms with E-state index in [1.807, 2.05) is 31.2 Å². The van der Waals surface area contributed by atoms with Crippen molar-refractivity contribution in [2.24, 2.45) is 10.7 Å². The van der Waals surface area contributed by atoms with Gasteiger partial charge in [-0.2, -0.15) is 22.0 Å². The molecule has 0 saturated heterocycles. The average Bonchev–Trinajstić information content (AvgIpc) is 2.59. The van der Waals surface area contributed by atoms with Crippen molar-refractivity contribution in [3.05, 3.63) is 65.2 Å². The molecule has 0 bridgehead atoms. The van der Waals surface area contributed by atoms with Crippen LogP contribution >= 0.6 is 0 Å². The predicted octanol–water partition coefficient (Wildman–Crippen LogP) is 4.83. The van der Waals surface area contributed by atoms with E-state index in [-0.39, 0.29) is 18.2 Å². The molecule has 0 amide bonds. The Morgan fingerprint density at radius 2 is 1.65 bits per heavy atom. The lowest BCUT2D eigenvalue weighted by atomic mass is 10.1. The molecule has 0 unspecified atom stereocenters. The van der Waals surface area contributed by atoms with E-state index in [1.54, 1.807) is 0 Å². The molecule has 2 rings (SSSR count). The molecular formula is C18H18F5N3. The van der Waals surface area contributed by atoms with Crippen molar-refractivity contribution in [2.75, 3.05) is 5.32 Å². The van der Waals surface area contributed by atoms with Crippen molar-refractivity contribution in [3.8, 4) is 0 Å². The van der Waals surface area contributed by atoms with Crippen LogP contribution in [0.1, 0.15) is 23.6 Å². The summed E-state index contributed by atoms with van der Waals surface area (Å²) in [5.74, 6) is -5.03. The fourth-order valence-electron chi connectivity index (χ4n) is 2.27. The van der Waals surface area contributed by atoms with E-state index in [4.69, 9.17) is 5.73 Å². The normalized spacial score (nSPS) is 12.9. The molecule has 0 aliphatic rings. The van der Waals surface area contributed by atoms with Crippen LogP contribution in [-0.2, 0) is 18.9 Å². The maximum absolute atomic E-state index is 13.4. The van der Waals surface area contributed by atoms with Crippen molar-refractivity contribution in [3.63, 3.8) is 0 Å². The number of nitrogens with two attached hydrogens (primary N) is 1. The van der Waals surface area contributed by atoms with E-state index >= 15 is 0 Å². The first-order chi connectivity index (χ1) is 12.1. The Labute approximate surface area is 147 Å². The molecule has 3 N–H and O–H groups in total. The third-order valence-electron chi connectivity index (χ3n) is 3.69. The van der Waals surface area contributed by atoms with E-state index in [9.17, 15) is 22.0 Å². The number of aliphatic imine (C=N–C) groups is 1. The first-order valence-electron chi connectivity index (χ1n) is 7.83. The minimum Gasteiger partial charge on any atom is -0.370 e. The Morgan fingerprint density at radius 1 is 1.00 bits per heavy atom. The Bertz CT molecular complexity index is 784. The van der Waals surface area contributed by atoms with Crippen LogP contribution in [0.3, 0.4) is 0 Å². The number of rotatable bonds is 5. The lowest BCUT2D eigenvalue weighted by Crippen LogP contribution is -2.33. The Morgan fingerprint density at radius 3 is 2.31 bits per heavy atom. The van der Waals surface area contributed by atoms with Gasteiger partial charge in [-0.3, -0.25) is 0 Å². The van der Waals surface area contributed by atoms with E-state index in [0.717, 1.165) is 23.6 Å². The van der Waals surface area contributed by atoms with Gasteiger partial charge < -0.3 is 11.1 Å². The fourth-order valence-corrected chi connectivity index (χ4v) is 2.27. The fraction of sp³-hybridized carbons (Fsp3) is 0.278. The maximum atomic E-state index is 13.4. The summed E-state index contributed by atoms with van der Waals surface area (Å²) >= 11 is 0. The van der Waals surface area contributed by atoms with Gasteiger partial charge >= 0.3 is 12.1 Å². The van der Waals surface area contributed by atoms with Gasteiger partial charge in [-0.15, -0.1) is 0 Å². The van der Waals surface area contributed by atoms with E-state index in [0.29, 0.717) is 12.1 Å². The largest absolute Gasteiger partial charge is 0.458 e. The number of guanidine groups is 1. The lowest BCUT2D eigenvalue weighted by Gasteiger charge is -2.20. The van der Waals surface area contributed by atoms with Gasteiger partial charge in [0.1, 0.15) is 0 Å². The molecule has 0 spiro atoms. The monoisotopic (exact) mass is 371 g/mol. The molecule has 140 valence electrons. The summed E-state index contributed by atoms with van der Waals surface area (Å²) in [4.78, 5) is 4.08. The molecule has 3 nitrogen and oxygen atoms in total. The molecular weight excluding hydrogens is 353 g/mol. The minimum absolute atomic E-state index is 0.00464. The zero-order valence-electron chi connectivity index (χ0n) is 13.9. The number of nitrogens with zero attached hydrogens (tertiary/aromatic N) is 1. The quantitative estimate of drug-likeness (QED) is 0.449. The summed E-state index contributed by atoms with van der Waals surface area (Å²) in [5.41, 5.74) is 6.57. The number of aryl methyl sites for hydroxylation is 1. The summed E-state index contributed by atoms with van der Waals surface area (Å²) in [6.45, 7) is 2.27. The zero-order chi connectivity index (χ0) is 19.4. The number of alkyl halides is 5. The van der Waals surface area contributed by atoms with Gasteiger partial charge in [0.05, 0.1) is 6.54 Å². The van der Waals surface area contributed by atoms with Crippen molar-refractivity contribution in [1.82, 2.24) is 0 Å². The molecule has 2 aromatic carbocycles. The van der Waals surface area contributed by atoms with E-state index in [1.165, 1.54) is 6.07 Å². The number of hydrogen-bond acceptors (Lipinski definition) is 1. The molecule has 0 atom stereocenters. The number of halogens is 5. The van der Waals surface area contributed by atoms with Gasteiger partial charge in [0, 0.05) is 11.3 Å². The molecule has 0 aromatic heterocycles. The number of hydrogen-bond donors (Lipinski definition) is 2. The van der Waals surface area contributed by atoms with Crippen LogP contribution in [0.5, 0.6) is 0 Å². The van der Waals surface area contributed by atoms with Gasteiger partial charge in [0.25, 0.3) is 0 Å². The first kappa shape index (κ1) is 19.7. The van der Waals surface area contributed by atoms with Crippen LogP contribution in [0, 0.1) is 0 Å². The molecule has 2 aromatic rings. The van der Waals surface area contributed by atoms with Crippen LogP contribution < -0.4 is 11.1 Å². The SMILES string of the molecule is CCc1cccc(CN=C(N)Nc2cccc(C(F)(F)C(F)(F)F)c2)c1. The van der Waals surface area contributed by atoms with Crippen LogP contribution in [0.2, 0.25) is 0 Å². The van der Waals surface area contributed by atoms with Crippen molar-refractivity contribution >= 4 is 11.6 Å². The number of nitrogens with one attached hydrogen (secondary N) is 1. The van der Waals surface area contributed by atoms with Crippen LogP contribution in [-0.4, -0.2) is 12.1 Å². The molecule has 0 saturated carbocycles. The highest BCUT2D eigenvalue weighted by atomic mass is 19.4. The summed E-state index contributed by atoms with van der Waals surface area (Å²) in [6, 6.07) is 11.5. The second-order valence-electron chi connectivity index (χ2n) is 5.65. The molecule has 26 heavy (non-hydrogen) atoms. The average molecular weight is 371 g/mol. The Balaban J connectivity index is 2.11. The van der Waals surface area contributed by atoms with Crippen LogP contribution in [0.25, 0.3) is 0 Å². The molecule has 0 aliphatic carbocycles. The minimum atomic E-state index is -5.67. The third-order valence-corrected chi connectivity index (χ3v) is 3.69. The highest BCUT2D eigenvalue weighted by molar-refractivity contribution is 5.92. The van der Waals surface area contributed by atoms with Gasteiger partial charge in [0.2, 0.25) is 0 Å². The summed E-state index contributed by atoms with van der Waals surface area (Å²) in [6.07, 6.45) is -4.80. The molecule has 0 fully saturated rings. The van der Waals surface area contributed by atoms with Gasteiger partial charge in [-0.25, -0.2) is 4.99 Å². The van der Waals surface area contributed by atoms with Crippen molar-refractivity contribution < 1.29 is 22.0 Å². The maximum Gasteiger partial charge on any atom is 0.458 e. The highest BCUT2D eigenvalue weighted by Gasteiger charge is 2.58. The second kappa shape index (κ2) is 7.72. The molecule has 0 radical (unpaired) electrons. The number of benzene rings is 2. The lowest BCUT2D eigenvalue weighted by molar-refractivity contribution is -0.289. The topological polar surface area (TPSA) is 50.4 Å². The van der Waals surface area contributed by atoms with Crippen LogP contribution in [0.4, 0.5) is 27.6 Å². The van der Waals surface area contributed by atoms with E-state index in [2.05, 4.69) is 10.3 Å². The summed E-state index contributed by atoms with van der Waals surface area (Å²) in [5, 5.41) is 2.53. The number of anilines is 1. The Hall–Kier alpha value is -2.64. The summed E-state index contributed by atoms with van der Waals surface area (Å²) < 4.78 is 64.2. The second-order valence-corrected chi connectivity index (χ2v) is 5.65. The molecule has 0 aliphatic heterocycles. The third kappa shape index (κ3) is 4.71. The van der Waals surface area contributed by atoms with Crippen LogP contribution in [0.15, 0.2) is 53.5 Å². The predicted molar refractivity (Wildman–Crippen MR) is 91.2 cm³/mol. The standard InChI is InChI=1S/C18H18F5N3/c1-2-12-5-3-6-13(9-12)11-25-16(24)26-15-8-4-7-14(10-15)17(19,20)18(21,22)23/h3-10H,2,11H2,1H3,(H3,24,25,26). The van der Waals surface area contributed by atoms with Crippen molar-refractivity contribution in [2.45, 2.75) is 32.0 Å². The van der Waals surface area contributed by atoms with E-state index < -0.39 is 17.7 Å². The first-order valence-corrected chi connectivity index (χ1v) is 7.83. The summed E-state index contributed by atoms with van der Waals surface area (Å²) in [7, 11) is 0. The highest BCUT2D eigenvalue weighted by Crippen LogP contribution is 2.44. The Kier molecular flexibility index (Phi) is 5.84. The van der Waals surface area contributed by atoms with Gasteiger partial charge in [-0.05, 0) is 29.7 Å². The van der Waals surface area contributed by atoms with Gasteiger partial charge in [0.15, 0.2) is 5.96 Å². The van der Waals surface area contributed by atoms with Crippen molar-refractivity contribution in [1.29, 1.82) is 0 Å². The molecule has 8 heteroatoms.